The predicted octanol–water partition coefficient (Wildman–Crippen LogP) is 4.71. The highest BCUT2D eigenvalue weighted by molar-refractivity contribution is 6.46. The summed E-state index contributed by atoms with van der Waals surface area (Å²) in [5.74, 6) is -1.48. The van der Waals surface area contributed by atoms with Gasteiger partial charge in [0.2, 0.25) is 0 Å². The summed E-state index contributed by atoms with van der Waals surface area (Å²) >= 11 is 0. The van der Waals surface area contributed by atoms with Crippen molar-refractivity contribution in [2.24, 2.45) is 0 Å². The van der Waals surface area contributed by atoms with Crippen molar-refractivity contribution in [2.45, 2.75) is 13.8 Å². The normalized spacial score (nSPS) is 13.5. The lowest BCUT2D eigenvalue weighted by atomic mass is 10.0. The predicted molar refractivity (Wildman–Crippen MR) is 117 cm³/mol. The quantitative estimate of drug-likeness (QED) is 0.631. The molecule has 1 N–H and O–H groups in total. The van der Waals surface area contributed by atoms with Gasteiger partial charge >= 0.3 is 0 Å². The van der Waals surface area contributed by atoms with Crippen LogP contribution in [0.4, 0.5) is 15.8 Å². The Labute approximate surface area is 179 Å². The number of anilines is 2. The Hall–Kier alpha value is -4.24. The van der Waals surface area contributed by atoms with E-state index in [1.807, 2.05) is 38.1 Å². The van der Waals surface area contributed by atoms with Gasteiger partial charge in [0, 0.05) is 5.69 Å². The minimum Gasteiger partial charge on any atom is -0.350 e. The van der Waals surface area contributed by atoms with E-state index in [-0.39, 0.29) is 11.3 Å². The first kappa shape index (κ1) is 20.0. The fraction of sp³-hybridized carbons (Fsp3) is 0.0800. The number of nitrogens with one attached hydrogen (secondary N) is 1. The van der Waals surface area contributed by atoms with E-state index in [9.17, 15) is 14.0 Å². The first-order valence-electron chi connectivity index (χ1n) is 9.62. The number of carbonyl (C=O) groups is 2. The van der Waals surface area contributed by atoms with E-state index in [2.05, 4.69) is 5.32 Å². The van der Waals surface area contributed by atoms with E-state index < -0.39 is 17.6 Å². The lowest BCUT2D eigenvalue weighted by Crippen LogP contribution is -2.32. The van der Waals surface area contributed by atoms with Crippen LogP contribution in [0.5, 0.6) is 0 Å². The smallest absolute Gasteiger partial charge is 0.282 e. The molecule has 0 fully saturated rings. The number of hydrogen-bond acceptors (Lipinski definition) is 4. The van der Waals surface area contributed by atoms with E-state index in [0.29, 0.717) is 22.5 Å². The summed E-state index contributed by atoms with van der Waals surface area (Å²) < 4.78 is 13.5. The van der Waals surface area contributed by atoms with E-state index in [1.54, 1.807) is 24.3 Å². The molecular formula is C25H18FN3O2. The van der Waals surface area contributed by atoms with E-state index >= 15 is 0 Å². The molecule has 0 unspecified atom stereocenters. The molecule has 0 radical (unpaired) electrons. The van der Waals surface area contributed by atoms with Gasteiger partial charge in [0.25, 0.3) is 11.8 Å². The molecule has 6 heteroatoms. The van der Waals surface area contributed by atoms with Gasteiger partial charge in [-0.25, -0.2) is 9.29 Å². The molecule has 1 heterocycles. The van der Waals surface area contributed by atoms with E-state index in [0.717, 1.165) is 16.0 Å². The number of aryl methyl sites for hydroxylation is 2. The second-order valence-corrected chi connectivity index (χ2v) is 7.30. The molecule has 0 spiro atoms. The summed E-state index contributed by atoms with van der Waals surface area (Å²) in [4.78, 5) is 27.8. The van der Waals surface area contributed by atoms with Crippen LogP contribution in [0.2, 0.25) is 0 Å². The van der Waals surface area contributed by atoms with Crippen LogP contribution in [0, 0.1) is 31.0 Å². The van der Waals surface area contributed by atoms with Crippen LogP contribution in [-0.4, -0.2) is 11.8 Å². The third-order valence-corrected chi connectivity index (χ3v) is 5.11. The molecule has 152 valence electrons. The number of nitriles is 1. The van der Waals surface area contributed by atoms with Gasteiger partial charge in [0.05, 0.1) is 22.9 Å². The largest absolute Gasteiger partial charge is 0.350 e. The van der Waals surface area contributed by atoms with E-state index in [1.165, 1.54) is 24.3 Å². The van der Waals surface area contributed by atoms with Crippen molar-refractivity contribution in [2.75, 3.05) is 10.2 Å². The van der Waals surface area contributed by atoms with Gasteiger partial charge < -0.3 is 5.32 Å². The monoisotopic (exact) mass is 411 g/mol. The molecule has 3 aromatic carbocycles. The molecule has 1 aliphatic rings. The number of imide groups is 1. The summed E-state index contributed by atoms with van der Waals surface area (Å²) in [5.41, 5.74) is 4.18. The topological polar surface area (TPSA) is 73.2 Å². The Morgan fingerprint density at radius 1 is 0.903 bits per heavy atom. The average Bonchev–Trinajstić information content (AvgIpc) is 3.00. The van der Waals surface area contributed by atoms with Crippen LogP contribution in [0.25, 0.3) is 5.57 Å². The molecule has 0 saturated heterocycles. The molecule has 0 bridgehead atoms. The summed E-state index contributed by atoms with van der Waals surface area (Å²) in [5, 5.41) is 12.1. The lowest BCUT2D eigenvalue weighted by molar-refractivity contribution is -0.120. The number of nitrogens with zero attached hydrogens (tertiary/aromatic N) is 2. The van der Waals surface area contributed by atoms with Crippen molar-refractivity contribution in [3.63, 3.8) is 0 Å². The fourth-order valence-electron chi connectivity index (χ4n) is 3.54. The van der Waals surface area contributed by atoms with E-state index in [4.69, 9.17) is 5.26 Å². The number of benzene rings is 3. The number of amides is 2. The summed E-state index contributed by atoms with van der Waals surface area (Å²) in [7, 11) is 0. The fourth-order valence-corrected chi connectivity index (χ4v) is 3.54. The van der Waals surface area contributed by atoms with Crippen LogP contribution < -0.4 is 10.2 Å². The second kappa shape index (κ2) is 7.88. The molecule has 0 aromatic heterocycles. The average molecular weight is 411 g/mol. The van der Waals surface area contributed by atoms with Crippen molar-refractivity contribution in [1.29, 1.82) is 5.26 Å². The van der Waals surface area contributed by atoms with Gasteiger partial charge in [-0.3, -0.25) is 9.59 Å². The Kier molecular flexibility index (Phi) is 5.10. The van der Waals surface area contributed by atoms with Crippen molar-refractivity contribution in [1.82, 2.24) is 0 Å². The standard InChI is InChI=1S/C25H18FN3O2/c1-15-3-12-21(16(2)13-15)28-23-22(18-6-8-19(26)9-7-18)24(30)29(25(23)31)20-10-4-17(14-27)5-11-20/h3-13,28H,1-2H3. The molecule has 3 aromatic rings. The van der Waals surface area contributed by atoms with Gasteiger partial charge in [-0.05, 0) is 67.4 Å². The highest BCUT2D eigenvalue weighted by atomic mass is 19.1. The van der Waals surface area contributed by atoms with Crippen molar-refractivity contribution in [3.8, 4) is 6.07 Å². The molecule has 5 nitrogen and oxygen atoms in total. The molecule has 0 aliphatic carbocycles. The number of rotatable bonds is 4. The number of carbonyl (C=O) groups excluding carboxylic acids is 2. The number of halogens is 1. The second-order valence-electron chi connectivity index (χ2n) is 7.30. The zero-order chi connectivity index (χ0) is 22.1. The Bertz CT molecular complexity index is 1270. The first-order chi connectivity index (χ1) is 14.9. The summed E-state index contributed by atoms with van der Waals surface area (Å²) in [6.45, 7) is 3.88. The Morgan fingerprint density at radius 3 is 2.19 bits per heavy atom. The zero-order valence-corrected chi connectivity index (χ0v) is 16.9. The van der Waals surface area contributed by atoms with Gasteiger partial charge in [0.15, 0.2) is 0 Å². The molecular weight excluding hydrogens is 393 g/mol. The van der Waals surface area contributed by atoms with Gasteiger partial charge in [-0.1, -0.05) is 29.8 Å². The zero-order valence-electron chi connectivity index (χ0n) is 16.9. The van der Waals surface area contributed by atoms with Crippen LogP contribution >= 0.6 is 0 Å². The van der Waals surface area contributed by atoms with Crippen LogP contribution in [0.15, 0.2) is 72.4 Å². The molecule has 31 heavy (non-hydrogen) atoms. The van der Waals surface area contributed by atoms with Crippen LogP contribution in [0.1, 0.15) is 22.3 Å². The maximum Gasteiger partial charge on any atom is 0.282 e. The molecule has 1 aliphatic heterocycles. The molecule has 0 atom stereocenters. The lowest BCUT2D eigenvalue weighted by Gasteiger charge is -2.16. The van der Waals surface area contributed by atoms with Gasteiger partial charge in [-0.2, -0.15) is 5.26 Å². The highest BCUT2D eigenvalue weighted by Crippen LogP contribution is 2.34. The first-order valence-corrected chi connectivity index (χ1v) is 9.62. The van der Waals surface area contributed by atoms with Crippen LogP contribution in [-0.2, 0) is 9.59 Å². The Morgan fingerprint density at radius 2 is 1.58 bits per heavy atom. The van der Waals surface area contributed by atoms with Crippen molar-refractivity contribution in [3.05, 3.63) is 100 Å². The van der Waals surface area contributed by atoms with Gasteiger partial charge in [-0.15, -0.1) is 0 Å². The number of hydrogen-bond donors (Lipinski definition) is 1. The maximum absolute atomic E-state index is 13.5. The van der Waals surface area contributed by atoms with Crippen molar-refractivity contribution >= 4 is 28.8 Å². The summed E-state index contributed by atoms with van der Waals surface area (Å²) in [6.07, 6.45) is 0. The summed E-state index contributed by atoms with van der Waals surface area (Å²) in [6, 6.07) is 19.4. The Balaban J connectivity index is 1.82. The molecule has 0 saturated carbocycles. The SMILES string of the molecule is Cc1ccc(NC2=C(c3ccc(F)cc3)C(=O)N(c3ccc(C#N)cc3)C2=O)c(C)c1. The third-order valence-electron chi connectivity index (χ3n) is 5.11. The van der Waals surface area contributed by atoms with Gasteiger partial charge in [0.1, 0.15) is 11.5 Å². The minimum absolute atomic E-state index is 0.118. The minimum atomic E-state index is -0.520. The highest BCUT2D eigenvalue weighted by Gasteiger charge is 2.40. The van der Waals surface area contributed by atoms with Crippen LogP contribution in [0.3, 0.4) is 0 Å². The maximum atomic E-state index is 13.5. The molecule has 2 amide bonds. The molecule has 4 rings (SSSR count). The van der Waals surface area contributed by atoms with Crippen molar-refractivity contribution < 1.29 is 14.0 Å². The third kappa shape index (κ3) is 3.69.